The van der Waals surface area contributed by atoms with Crippen molar-refractivity contribution in [3.05, 3.63) is 223 Å². The van der Waals surface area contributed by atoms with Crippen molar-refractivity contribution in [2.45, 2.75) is 19.3 Å². The van der Waals surface area contributed by atoms with E-state index in [0.717, 1.165) is 61.4 Å². The third kappa shape index (κ3) is 6.54. The molecule has 0 amide bonds. The van der Waals surface area contributed by atoms with E-state index in [9.17, 15) is 6.85 Å². The number of hydrogen-bond acceptors (Lipinski definition) is 4. The van der Waals surface area contributed by atoms with Crippen molar-refractivity contribution in [3.8, 4) is 89.8 Å². The monoisotopic (exact) mass is 841 g/mol. The van der Waals surface area contributed by atoms with E-state index in [1.54, 1.807) is 0 Å². The lowest BCUT2D eigenvalue weighted by Crippen LogP contribution is -2.15. The normalized spacial score (nSPS) is 14.0. The second-order valence-corrected chi connectivity index (χ2v) is 17.7. The molecule has 11 aromatic rings. The topological polar surface area (TPSA) is 38.7 Å². The van der Waals surface area contributed by atoms with Gasteiger partial charge in [0.1, 0.15) is 0 Å². The number of nitrogens with zero attached hydrogens (tertiary/aromatic N) is 3. The molecular weight excluding hydrogens is 795 g/mol. The van der Waals surface area contributed by atoms with Crippen LogP contribution in [0.25, 0.3) is 110 Å². The second-order valence-electron chi connectivity index (χ2n) is 16.7. The minimum absolute atomic E-state index is 0.0615. The van der Waals surface area contributed by atoms with Crippen LogP contribution in [-0.2, 0) is 5.41 Å². The molecule has 302 valence electrons. The van der Waals surface area contributed by atoms with Crippen LogP contribution in [0.4, 0.5) is 0 Å². The van der Waals surface area contributed by atoms with Crippen molar-refractivity contribution in [1.29, 1.82) is 0 Å². The van der Waals surface area contributed by atoms with Gasteiger partial charge in [-0.1, -0.05) is 190 Å². The Balaban J connectivity index is 1.08. The summed E-state index contributed by atoms with van der Waals surface area (Å²) in [6.07, 6.45) is 0. The van der Waals surface area contributed by atoms with E-state index in [1.165, 1.54) is 11.1 Å². The Morgan fingerprint density at radius 3 is 1.58 bits per heavy atom. The number of rotatable bonds is 7. The van der Waals surface area contributed by atoms with Crippen molar-refractivity contribution in [2.75, 3.05) is 0 Å². The molecule has 0 aliphatic heterocycles. The lowest BCUT2D eigenvalue weighted by Gasteiger charge is -2.21. The van der Waals surface area contributed by atoms with Gasteiger partial charge in [0.25, 0.3) is 0 Å². The summed E-state index contributed by atoms with van der Waals surface area (Å²) < 4.78 is 58.0. The van der Waals surface area contributed by atoms with Crippen LogP contribution >= 0.6 is 11.3 Å². The van der Waals surface area contributed by atoms with Gasteiger partial charge in [-0.25, -0.2) is 15.0 Å². The minimum atomic E-state index is -0.289. The van der Waals surface area contributed by atoms with Crippen molar-refractivity contribution in [3.63, 3.8) is 0 Å². The molecule has 3 nitrogen and oxygen atoms in total. The number of benzene rings is 9. The molecule has 2 aromatic heterocycles. The van der Waals surface area contributed by atoms with Gasteiger partial charge in [-0.15, -0.1) is 11.3 Å². The lowest BCUT2D eigenvalue weighted by atomic mass is 9.82. The zero-order valence-corrected chi connectivity index (χ0v) is 35.8. The molecule has 9 aromatic carbocycles. The molecule has 0 spiro atoms. The van der Waals surface area contributed by atoms with Gasteiger partial charge < -0.3 is 0 Å². The summed E-state index contributed by atoms with van der Waals surface area (Å²) in [6, 6.07) is 57.7. The van der Waals surface area contributed by atoms with Crippen LogP contribution in [0.15, 0.2) is 212 Å². The van der Waals surface area contributed by atoms with Gasteiger partial charge >= 0.3 is 0 Å². The first kappa shape index (κ1) is 32.0. The molecular formula is C60H41N3S. The maximum Gasteiger partial charge on any atom is 0.164 e. The van der Waals surface area contributed by atoms with Gasteiger partial charge in [0, 0.05) is 42.3 Å². The Kier molecular flexibility index (Phi) is 7.61. The molecule has 12 rings (SSSR count). The maximum atomic E-state index is 9.94. The molecule has 0 radical (unpaired) electrons. The van der Waals surface area contributed by atoms with E-state index >= 15 is 0 Å². The molecule has 1 aliphatic rings. The van der Waals surface area contributed by atoms with Crippen LogP contribution in [0.2, 0.25) is 0 Å². The fraction of sp³-hybridized carbons (Fsp3) is 0.0500. The van der Waals surface area contributed by atoms with E-state index in [1.807, 2.05) is 121 Å². The van der Waals surface area contributed by atoms with Gasteiger partial charge in [-0.05, 0) is 103 Å². The van der Waals surface area contributed by atoms with E-state index in [0.29, 0.717) is 43.1 Å². The van der Waals surface area contributed by atoms with Crippen molar-refractivity contribution in [2.24, 2.45) is 0 Å². The minimum Gasteiger partial charge on any atom is -0.208 e. The Hall–Kier alpha value is -7.79. The van der Waals surface area contributed by atoms with E-state index < -0.39 is 0 Å². The molecule has 0 saturated carbocycles. The highest BCUT2D eigenvalue weighted by atomic mass is 32.1. The third-order valence-corrected chi connectivity index (χ3v) is 13.5. The quantitative estimate of drug-likeness (QED) is 0.160. The molecule has 0 unspecified atom stereocenters. The number of fused-ring (bicyclic) bond motifs is 6. The highest BCUT2D eigenvalue weighted by Crippen LogP contribution is 2.50. The Labute approximate surface area is 385 Å². The zero-order chi connectivity index (χ0) is 48.0. The predicted octanol–water partition coefficient (Wildman–Crippen LogP) is 16.2. The van der Waals surface area contributed by atoms with Crippen LogP contribution in [0.3, 0.4) is 0 Å². The van der Waals surface area contributed by atoms with Crippen LogP contribution in [0.1, 0.15) is 33.2 Å². The Morgan fingerprint density at radius 2 is 0.906 bits per heavy atom. The summed E-state index contributed by atoms with van der Waals surface area (Å²) in [7, 11) is 0. The Bertz CT molecular complexity index is 3850. The molecule has 0 N–H and O–H groups in total. The molecule has 64 heavy (non-hydrogen) atoms. The summed E-state index contributed by atoms with van der Waals surface area (Å²) in [5.74, 6) is 0.796. The molecule has 1 aliphatic carbocycles. The fourth-order valence-corrected chi connectivity index (χ4v) is 10.2. The van der Waals surface area contributed by atoms with Crippen LogP contribution in [0, 0.1) is 0 Å². The molecule has 0 fully saturated rings. The largest absolute Gasteiger partial charge is 0.208 e. The number of hydrogen-bond donors (Lipinski definition) is 0. The average molecular weight is 842 g/mol. The summed E-state index contributed by atoms with van der Waals surface area (Å²) in [6.45, 7) is 4.44. The lowest BCUT2D eigenvalue weighted by molar-refractivity contribution is 0.660. The second kappa shape index (κ2) is 15.2. The first-order chi connectivity index (χ1) is 34.0. The van der Waals surface area contributed by atoms with Gasteiger partial charge in [-0.2, -0.15) is 0 Å². The van der Waals surface area contributed by atoms with Crippen LogP contribution in [0.5, 0.6) is 0 Å². The summed E-state index contributed by atoms with van der Waals surface area (Å²) in [5.41, 5.74) is 12.8. The van der Waals surface area contributed by atoms with Crippen molar-refractivity contribution in [1.82, 2.24) is 15.0 Å². The highest BCUT2D eigenvalue weighted by Gasteiger charge is 2.35. The Morgan fingerprint density at radius 1 is 0.391 bits per heavy atom. The molecule has 0 saturated heterocycles. The summed E-state index contributed by atoms with van der Waals surface area (Å²) in [5, 5.41) is 0.694. The summed E-state index contributed by atoms with van der Waals surface area (Å²) >= 11 is 1.13. The first-order valence-electron chi connectivity index (χ1n) is 24.4. The number of aromatic nitrogens is 3. The van der Waals surface area contributed by atoms with Crippen molar-refractivity contribution >= 4 is 31.5 Å². The zero-order valence-electron chi connectivity index (χ0n) is 41.0. The molecule has 4 heteroatoms. The molecule has 2 heterocycles. The third-order valence-electron chi connectivity index (χ3n) is 12.5. The van der Waals surface area contributed by atoms with Crippen LogP contribution < -0.4 is 0 Å². The van der Waals surface area contributed by atoms with Crippen LogP contribution in [-0.4, -0.2) is 15.0 Å². The van der Waals surface area contributed by atoms with E-state index in [2.05, 4.69) is 68.4 Å². The first-order valence-corrected chi connectivity index (χ1v) is 22.2. The number of thiophene rings is 1. The van der Waals surface area contributed by atoms with Gasteiger partial charge in [0.2, 0.25) is 0 Å². The van der Waals surface area contributed by atoms with Gasteiger partial charge in [0.05, 0.1) is 8.22 Å². The SMILES string of the molecule is [2H]c1c([2H])c(-c2cc(-c3ccccc3)cc(-c3ccccc3)c2)c2c(sc3c([2H])c(-c4nc(-c5ccc(-c6ccccc6)cc5)nc(-c5ccc6c(c5)C(C)(C)c5ccccc5-6)n4)c([2H])c([2H])c32)c1[2H]. The van der Waals surface area contributed by atoms with Gasteiger partial charge in [0.15, 0.2) is 17.5 Å². The smallest absolute Gasteiger partial charge is 0.164 e. The van der Waals surface area contributed by atoms with Gasteiger partial charge in [-0.3, -0.25) is 0 Å². The van der Waals surface area contributed by atoms with E-state index in [-0.39, 0.29) is 58.4 Å². The highest BCUT2D eigenvalue weighted by molar-refractivity contribution is 7.26. The fourth-order valence-electron chi connectivity index (χ4n) is 9.17. The van der Waals surface area contributed by atoms with Crippen molar-refractivity contribution < 1.29 is 8.22 Å². The summed E-state index contributed by atoms with van der Waals surface area (Å²) in [4.78, 5) is 15.2. The standard InChI is InChI=1S/C60H41N3S/c1-60(2)52-23-13-12-21-49(52)50-31-29-43(36-53(50)60)58-61-57(42-27-25-41(26-28-42)38-15-6-3-7-16-38)62-59(63-58)44-30-32-51-55(37-44)64-54-24-14-22-48(56(51)54)47-34-45(39-17-8-4-9-18-39)33-46(35-47)40-19-10-5-11-20-40/h3-37H,1-2H3/i14D,22D,24D,30D,32D,37D. The maximum absolute atomic E-state index is 9.94. The molecule has 0 atom stereocenters. The molecule has 0 bridgehead atoms. The van der Waals surface area contributed by atoms with E-state index in [4.69, 9.17) is 16.3 Å². The average Bonchev–Trinajstić information content (AvgIpc) is 3.91. The predicted molar refractivity (Wildman–Crippen MR) is 268 cm³/mol.